The Morgan fingerprint density at radius 2 is 2.39 bits per heavy atom. The van der Waals surface area contributed by atoms with E-state index in [1.165, 1.54) is 5.56 Å². The molecule has 2 N–H and O–H groups in total. The van der Waals surface area contributed by atoms with Crippen LogP contribution in [0.2, 0.25) is 0 Å². The van der Waals surface area contributed by atoms with Crippen LogP contribution >= 0.6 is 11.8 Å². The summed E-state index contributed by atoms with van der Waals surface area (Å²) < 4.78 is 0. The van der Waals surface area contributed by atoms with Crippen LogP contribution < -0.4 is 10.6 Å². The van der Waals surface area contributed by atoms with Crippen LogP contribution in [0.3, 0.4) is 0 Å². The summed E-state index contributed by atoms with van der Waals surface area (Å²) in [5.74, 6) is 0.998. The van der Waals surface area contributed by atoms with Crippen LogP contribution in [-0.2, 0) is 6.42 Å². The molecular weight excluding hydrogens is 244 g/mol. The maximum Gasteiger partial charge on any atom is 0.251 e. The Balaban J connectivity index is 2.04. The number of anilines is 1. The molecule has 0 fully saturated rings. The van der Waals surface area contributed by atoms with E-state index in [0.717, 1.165) is 36.4 Å². The molecule has 1 atom stereocenters. The van der Waals surface area contributed by atoms with Crippen molar-refractivity contribution in [2.24, 2.45) is 0 Å². The molecule has 0 saturated heterocycles. The molecule has 1 aromatic rings. The Morgan fingerprint density at radius 3 is 3.11 bits per heavy atom. The average molecular weight is 264 g/mol. The fourth-order valence-corrected chi connectivity index (χ4v) is 2.88. The fraction of sp³-hybridized carbons (Fsp3) is 0.500. The quantitative estimate of drug-likeness (QED) is 0.858. The van der Waals surface area contributed by atoms with Crippen LogP contribution in [0.15, 0.2) is 18.2 Å². The maximum absolute atomic E-state index is 12.1. The molecule has 0 radical (unpaired) electrons. The SMILES string of the molecule is CCC(CSC)NC(=O)c1ccc2c(c1)NCC2. The van der Waals surface area contributed by atoms with Crippen molar-refractivity contribution in [1.82, 2.24) is 5.32 Å². The van der Waals surface area contributed by atoms with Gasteiger partial charge in [-0.15, -0.1) is 0 Å². The highest BCUT2D eigenvalue weighted by Gasteiger charge is 2.15. The number of hydrogen-bond acceptors (Lipinski definition) is 3. The topological polar surface area (TPSA) is 41.1 Å². The van der Waals surface area contributed by atoms with Crippen molar-refractivity contribution in [3.8, 4) is 0 Å². The molecule has 0 saturated carbocycles. The van der Waals surface area contributed by atoms with E-state index < -0.39 is 0 Å². The van der Waals surface area contributed by atoms with Crippen molar-refractivity contribution in [3.05, 3.63) is 29.3 Å². The Kier molecular flexibility index (Phi) is 4.53. The van der Waals surface area contributed by atoms with Crippen LogP contribution in [0, 0.1) is 0 Å². The van der Waals surface area contributed by atoms with Crippen molar-refractivity contribution in [2.45, 2.75) is 25.8 Å². The molecule has 0 spiro atoms. The minimum absolute atomic E-state index is 0.0346. The van der Waals surface area contributed by atoms with Crippen molar-refractivity contribution < 1.29 is 4.79 Å². The zero-order chi connectivity index (χ0) is 13.0. The number of fused-ring (bicyclic) bond motifs is 1. The van der Waals surface area contributed by atoms with E-state index >= 15 is 0 Å². The minimum atomic E-state index is 0.0346. The third-order valence-corrected chi connectivity index (χ3v) is 4.01. The van der Waals surface area contributed by atoms with Crippen LogP contribution in [0.4, 0.5) is 5.69 Å². The number of benzene rings is 1. The summed E-state index contributed by atoms with van der Waals surface area (Å²) in [5, 5.41) is 6.39. The lowest BCUT2D eigenvalue weighted by atomic mass is 10.1. The van der Waals surface area contributed by atoms with Gasteiger partial charge >= 0.3 is 0 Å². The highest BCUT2D eigenvalue weighted by Crippen LogP contribution is 2.23. The van der Waals surface area contributed by atoms with Crippen molar-refractivity contribution >= 4 is 23.4 Å². The lowest BCUT2D eigenvalue weighted by molar-refractivity contribution is 0.0940. The van der Waals surface area contributed by atoms with Gasteiger partial charge in [-0.05, 0) is 36.8 Å². The summed E-state index contributed by atoms with van der Waals surface area (Å²) in [5.41, 5.74) is 3.17. The number of carbonyl (C=O) groups is 1. The Bertz CT molecular complexity index is 434. The maximum atomic E-state index is 12.1. The first-order valence-corrected chi connectivity index (χ1v) is 7.80. The molecule has 1 heterocycles. The molecule has 1 aromatic carbocycles. The van der Waals surface area contributed by atoms with E-state index in [1.807, 2.05) is 12.1 Å². The van der Waals surface area contributed by atoms with Gasteiger partial charge in [-0.1, -0.05) is 13.0 Å². The van der Waals surface area contributed by atoms with Gasteiger partial charge in [0.25, 0.3) is 5.91 Å². The number of thioether (sulfide) groups is 1. The predicted molar refractivity (Wildman–Crippen MR) is 78.6 cm³/mol. The van der Waals surface area contributed by atoms with E-state index in [0.29, 0.717) is 0 Å². The summed E-state index contributed by atoms with van der Waals surface area (Å²) in [6.45, 7) is 3.08. The van der Waals surface area contributed by atoms with E-state index in [-0.39, 0.29) is 11.9 Å². The molecule has 18 heavy (non-hydrogen) atoms. The van der Waals surface area contributed by atoms with Gasteiger partial charge in [-0.2, -0.15) is 11.8 Å². The smallest absolute Gasteiger partial charge is 0.251 e. The molecule has 1 unspecified atom stereocenters. The second-order valence-electron chi connectivity index (χ2n) is 4.58. The summed E-state index contributed by atoms with van der Waals surface area (Å²) in [4.78, 5) is 12.1. The molecule has 1 aliphatic rings. The Labute approximate surface area is 113 Å². The van der Waals surface area contributed by atoms with E-state index in [2.05, 4.69) is 29.9 Å². The molecule has 0 aliphatic carbocycles. The minimum Gasteiger partial charge on any atom is -0.384 e. The zero-order valence-electron chi connectivity index (χ0n) is 11.0. The van der Waals surface area contributed by atoms with Crippen LogP contribution in [0.5, 0.6) is 0 Å². The monoisotopic (exact) mass is 264 g/mol. The number of amides is 1. The molecule has 3 nitrogen and oxygen atoms in total. The largest absolute Gasteiger partial charge is 0.384 e. The van der Waals surface area contributed by atoms with Crippen LogP contribution in [-0.4, -0.2) is 30.5 Å². The summed E-state index contributed by atoms with van der Waals surface area (Å²) in [7, 11) is 0. The van der Waals surface area contributed by atoms with E-state index in [9.17, 15) is 4.79 Å². The van der Waals surface area contributed by atoms with Crippen molar-refractivity contribution in [1.29, 1.82) is 0 Å². The molecule has 98 valence electrons. The first-order chi connectivity index (χ1) is 8.74. The van der Waals surface area contributed by atoms with E-state index in [1.54, 1.807) is 11.8 Å². The van der Waals surface area contributed by atoms with Gasteiger partial charge in [0.1, 0.15) is 0 Å². The van der Waals surface area contributed by atoms with Crippen molar-refractivity contribution in [3.63, 3.8) is 0 Å². The second-order valence-corrected chi connectivity index (χ2v) is 5.49. The highest BCUT2D eigenvalue weighted by atomic mass is 32.2. The number of nitrogens with one attached hydrogen (secondary N) is 2. The van der Waals surface area contributed by atoms with Gasteiger partial charge in [-0.3, -0.25) is 4.79 Å². The lowest BCUT2D eigenvalue weighted by Gasteiger charge is -2.16. The molecule has 1 amide bonds. The number of rotatable bonds is 5. The number of hydrogen-bond donors (Lipinski definition) is 2. The molecular formula is C14H20N2OS. The molecule has 0 aromatic heterocycles. The van der Waals surface area contributed by atoms with Crippen LogP contribution in [0.25, 0.3) is 0 Å². The highest BCUT2D eigenvalue weighted by molar-refractivity contribution is 7.98. The zero-order valence-corrected chi connectivity index (χ0v) is 11.8. The van der Waals surface area contributed by atoms with Gasteiger partial charge in [0.05, 0.1) is 0 Å². The second kappa shape index (κ2) is 6.14. The van der Waals surface area contributed by atoms with Gasteiger partial charge in [0.15, 0.2) is 0 Å². The molecule has 4 heteroatoms. The predicted octanol–water partition coefficient (Wildman–Crippen LogP) is 2.53. The molecule has 1 aliphatic heterocycles. The van der Waals surface area contributed by atoms with E-state index in [4.69, 9.17) is 0 Å². The van der Waals surface area contributed by atoms with Crippen molar-refractivity contribution in [2.75, 3.05) is 23.9 Å². The summed E-state index contributed by atoms with van der Waals surface area (Å²) in [6, 6.07) is 6.20. The standard InChI is InChI=1S/C14H20N2OS/c1-3-12(9-18-2)16-14(17)11-5-4-10-6-7-15-13(10)8-11/h4-5,8,12,15H,3,6-7,9H2,1-2H3,(H,16,17). The Hall–Kier alpha value is -1.16. The fourth-order valence-electron chi connectivity index (χ4n) is 2.16. The first-order valence-electron chi connectivity index (χ1n) is 6.41. The third kappa shape index (κ3) is 2.99. The first kappa shape index (κ1) is 13.3. The third-order valence-electron chi connectivity index (χ3n) is 3.28. The van der Waals surface area contributed by atoms with Gasteiger partial charge in [0.2, 0.25) is 0 Å². The summed E-state index contributed by atoms with van der Waals surface area (Å²) in [6.07, 6.45) is 4.09. The Morgan fingerprint density at radius 1 is 1.56 bits per heavy atom. The van der Waals surface area contributed by atoms with Crippen LogP contribution in [0.1, 0.15) is 29.3 Å². The molecule has 0 bridgehead atoms. The average Bonchev–Trinajstić information content (AvgIpc) is 2.85. The normalized spacial score (nSPS) is 14.8. The lowest BCUT2D eigenvalue weighted by Crippen LogP contribution is -2.36. The number of carbonyl (C=O) groups excluding carboxylic acids is 1. The molecule has 2 rings (SSSR count). The van der Waals surface area contributed by atoms with Gasteiger partial charge < -0.3 is 10.6 Å². The van der Waals surface area contributed by atoms with Gasteiger partial charge in [-0.25, -0.2) is 0 Å². The summed E-state index contributed by atoms with van der Waals surface area (Å²) >= 11 is 1.76. The van der Waals surface area contributed by atoms with Gasteiger partial charge in [0, 0.05) is 29.6 Å².